The minimum absolute atomic E-state index is 0.0726. The number of hydrogen-bond donors (Lipinski definition) is 2. The Kier molecular flexibility index (Phi) is 5.29. The maximum Gasteiger partial charge on any atom is 0.0661 e. The highest BCUT2D eigenvalue weighted by Crippen LogP contribution is 1.95. The van der Waals surface area contributed by atoms with Crippen molar-refractivity contribution in [3.05, 3.63) is 0 Å². The zero-order chi connectivity index (χ0) is 7.11. The highest BCUT2D eigenvalue weighted by Gasteiger charge is 1.94. The topological polar surface area (TPSA) is 52.0 Å². The monoisotopic (exact) mass is 126 g/mol. The van der Waals surface area contributed by atoms with Gasteiger partial charge in [0.2, 0.25) is 0 Å². The van der Waals surface area contributed by atoms with E-state index >= 15 is 0 Å². The van der Waals surface area contributed by atoms with Gasteiger partial charge in [-0.2, -0.15) is 0 Å². The third-order valence-electron chi connectivity index (χ3n) is 1.18. The van der Waals surface area contributed by atoms with Crippen LogP contribution in [0.4, 0.5) is 0 Å². The van der Waals surface area contributed by atoms with E-state index < -0.39 is 0 Å². The number of rotatable bonds is 4. The first-order valence-electron chi connectivity index (χ1n) is 3.23. The fourth-order valence-electron chi connectivity index (χ4n) is 0.592. The van der Waals surface area contributed by atoms with Gasteiger partial charge in [0.15, 0.2) is 0 Å². The Morgan fingerprint density at radius 2 is 2.11 bits per heavy atom. The van der Waals surface area contributed by atoms with Crippen molar-refractivity contribution in [1.29, 1.82) is 0 Å². The van der Waals surface area contributed by atoms with E-state index in [0.717, 1.165) is 25.8 Å². The molecule has 0 saturated heterocycles. The summed E-state index contributed by atoms with van der Waals surface area (Å²) < 4.78 is 0. The minimum Gasteiger partial charge on any atom is -0.330 e. The average molecular weight is 126 g/mol. The van der Waals surface area contributed by atoms with E-state index in [-0.39, 0.29) is 6.04 Å². The van der Waals surface area contributed by atoms with Crippen LogP contribution in [-0.4, -0.2) is 12.6 Å². The molecule has 4 N–H and O–H groups in total. The molecule has 0 aliphatic rings. The molecule has 9 heavy (non-hydrogen) atoms. The predicted octanol–water partition coefficient (Wildman–Crippen LogP) is 0.0759. The maximum atomic E-state index is 5.44. The van der Waals surface area contributed by atoms with E-state index in [1.54, 1.807) is 0 Å². The summed E-state index contributed by atoms with van der Waals surface area (Å²) >= 11 is 0. The summed E-state index contributed by atoms with van der Waals surface area (Å²) in [4.78, 5) is 0. The molecule has 0 saturated carbocycles. The molecule has 0 aromatic carbocycles. The van der Waals surface area contributed by atoms with Gasteiger partial charge in [0, 0.05) is 0 Å². The van der Waals surface area contributed by atoms with Crippen LogP contribution >= 0.6 is 0 Å². The molecule has 0 heterocycles. The molecule has 1 atom stereocenters. The second kappa shape index (κ2) is 5.61. The summed E-state index contributed by atoms with van der Waals surface area (Å²) in [6, 6.07) is -0.0726. The molecule has 0 spiro atoms. The van der Waals surface area contributed by atoms with Gasteiger partial charge in [-0.15, -0.1) is 6.42 Å². The maximum absolute atomic E-state index is 5.44. The molecule has 2 nitrogen and oxygen atoms in total. The zero-order valence-corrected chi connectivity index (χ0v) is 5.64. The van der Waals surface area contributed by atoms with Crippen molar-refractivity contribution in [2.45, 2.75) is 25.3 Å². The smallest absolute Gasteiger partial charge is 0.0661 e. The quantitative estimate of drug-likeness (QED) is 0.414. The van der Waals surface area contributed by atoms with Gasteiger partial charge in [-0.3, -0.25) is 0 Å². The fourth-order valence-corrected chi connectivity index (χ4v) is 0.592. The third kappa shape index (κ3) is 5.35. The van der Waals surface area contributed by atoms with Crippen molar-refractivity contribution in [2.75, 3.05) is 6.54 Å². The van der Waals surface area contributed by atoms with E-state index in [2.05, 4.69) is 5.92 Å². The van der Waals surface area contributed by atoms with Crippen LogP contribution in [0.15, 0.2) is 0 Å². The molecule has 0 aliphatic carbocycles. The fraction of sp³-hybridized carbons (Fsp3) is 0.714. The van der Waals surface area contributed by atoms with Gasteiger partial charge in [0.05, 0.1) is 6.04 Å². The molecule has 0 aromatic heterocycles. The lowest BCUT2D eigenvalue weighted by Gasteiger charge is -2.00. The lowest BCUT2D eigenvalue weighted by Crippen LogP contribution is -2.17. The van der Waals surface area contributed by atoms with Gasteiger partial charge < -0.3 is 11.5 Å². The van der Waals surface area contributed by atoms with Gasteiger partial charge in [-0.25, -0.2) is 0 Å². The number of hydrogen-bond acceptors (Lipinski definition) is 2. The standard InChI is InChI=1S/C7H14N2/c1-2-7(9)5-3-4-6-8/h1,7H,3-6,8-9H2. The Morgan fingerprint density at radius 1 is 1.44 bits per heavy atom. The second-order valence-electron chi connectivity index (χ2n) is 2.06. The first-order valence-corrected chi connectivity index (χ1v) is 3.23. The zero-order valence-electron chi connectivity index (χ0n) is 5.64. The van der Waals surface area contributed by atoms with Crippen LogP contribution in [0.1, 0.15) is 19.3 Å². The minimum atomic E-state index is -0.0726. The molecular weight excluding hydrogens is 112 g/mol. The van der Waals surface area contributed by atoms with Crippen LogP contribution < -0.4 is 11.5 Å². The lowest BCUT2D eigenvalue weighted by atomic mass is 10.1. The van der Waals surface area contributed by atoms with Gasteiger partial charge in [0.25, 0.3) is 0 Å². The second-order valence-corrected chi connectivity index (χ2v) is 2.06. The Hall–Kier alpha value is -0.520. The Bertz CT molecular complexity index is 93.6. The summed E-state index contributed by atoms with van der Waals surface area (Å²) in [5.74, 6) is 2.46. The normalized spacial score (nSPS) is 12.6. The molecule has 52 valence electrons. The molecule has 2 heteroatoms. The number of terminal acetylenes is 1. The highest BCUT2D eigenvalue weighted by molar-refractivity contribution is 4.95. The highest BCUT2D eigenvalue weighted by atomic mass is 14.6. The Morgan fingerprint density at radius 3 is 2.56 bits per heavy atom. The van der Waals surface area contributed by atoms with Gasteiger partial charge in [0.1, 0.15) is 0 Å². The molecule has 0 amide bonds. The summed E-state index contributed by atoms with van der Waals surface area (Å²) in [6.45, 7) is 0.733. The van der Waals surface area contributed by atoms with Crippen molar-refractivity contribution in [1.82, 2.24) is 0 Å². The summed E-state index contributed by atoms with van der Waals surface area (Å²) in [5.41, 5.74) is 10.7. The SMILES string of the molecule is C#CC(N)CCCCN. The van der Waals surface area contributed by atoms with E-state index in [9.17, 15) is 0 Å². The van der Waals surface area contributed by atoms with E-state index in [0.29, 0.717) is 0 Å². The van der Waals surface area contributed by atoms with Crippen molar-refractivity contribution < 1.29 is 0 Å². The van der Waals surface area contributed by atoms with Gasteiger partial charge >= 0.3 is 0 Å². The van der Waals surface area contributed by atoms with Crippen LogP contribution in [0.5, 0.6) is 0 Å². The summed E-state index contributed by atoms with van der Waals surface area (Å²) in [5, 5.41) is 0. The molecule has 0 bridgehead atoms. The Labute approximate surface area is 56.6 Å². The van der Waals surface area contributed by atoms with E-state index in [1.807, 2.05) is 0 Å². The molecule has 0 fully saturated rings. The molecule has 0 rings (SSSR count). The van der Waals surface area contributed by atoms with Crippen molar-refractivity contribution >= 4 is 0 Å². The summed E-state index contributed by atoms with van der Waals surface area (Å²) in [7, 11) is 0. The van der Waals surface area contributed by atoms with E-state index in [4.69, 9.17) is 17.9 Å². The largest absolute Gasteiger partial charge is 0.330 e. The van der Waals surface area contributed by atoms with Crippen molar-refractivity contribution in [2.24, 2.45) is 11.5 Å². The van der Waals surface area contributed by atoms with Crippen molar-refractivity contribution in [3.8, 4) is 12.3 Å². The number of nitrogens with two attached hydrogens (primary N) is 2. The average Bonchev–Trinajstić information content (AvgIpc) is 1.89. The molecule has 0 radical (unpaired) electrons. The van der Waals surface area contributed by atoms with Crippen LogP contribution in [-0.2, 0) is 0 Å². The Balaban J connectivity index is 2.99. The first kappa shape index (κ1) is 8.48. The molecule has 0 aromatic rings. The van der Waals surface area contributed by atoms with Crippen LogP contribution in [0.3, 0.4) is 0 Å². The van der Waals surface area contributed by atoms with Crippen LogP contribution in [0, 0.1) is 12.3 Å². The molecular formula is C7H14N2. The third-order valence-corrected chi connectivity index (χ3v) is 1.18. The predicted molar refractivity (Wildman–Crippen MR) is 39.7 cm³/mol. The molecule has 0 aliphatic heterocycles. The van der Waals surface area contributed by atoms with Gasteiger partial charge in [-0.1, -0.05) is 5.92 Å². The molecule has 1 unspecified atom stereocenters. The van der Waals surface area contributed by atoms with E-state index in [1.165, 1.54) is 0 Å². The first-order chi connectivity index (χ1) is 4.31. The number of unbranched alkanes of at least 4 members (excludes halogenated alkanes) is 1. The van der Waals surface area contributed by atoms with Crippen molar-refractivity contribution in [3.63, 3.8) is 0 Å². The lowest BCUT2D eigenvalue weighted by molar-refractivity contribution is 0.647. The van der Waals surface area contributed by atoms with Gasteiger partial charge in [-0.05, 0) is 25.8 Å². The summed E-state index contributed by atoms with van der Waals surface area (Å²) in [6.07, 6.45) is 8.01. The van der Waals surface area contributed by atoms with Crippen LogP contribution in [0.25, 0.3) is 0 Å². The van der Waals surface area contributed by atoms with Crippen LogP contribution in [0.2, 0.25) is 0 Å².